The summed E-state index contributed by atoms with van der Waals surface area (Å²) in [7, 11) is 0. The highest BCUT2D eigenvalue weighted by Gasteiger charge is 2.18. The number of rotatable bonds is 6. The summed E-state index contributed by atoms with van der Waals surface area (Å²) in [6, 6.07) is 5.45. The Morgan fingerprint density at radius 1 is 1.35 bits per heavy atom. The van der Waals surface area contributed by atoms with Crippen LogP contribution in [0.2, 0.25) is 0 Å². The number of primary amides is 1. The van der Waals surface area contributed by atoms with Crippen LogP contribution in [-0.4, -0.2) is 41.0 Å². The van der Waals surface area contributed by atoms with Gasteiger partial charge in [-0.3, -0.25) is 9.59 Å². The molecule has 0 atom stereocenters. The minimum absolute atomic E-state index is 0.297. The van der Waals surface area contributed by atoms with Crippen molar-refractivity contribution in [2.24, 2.45) is 5.73 Å². The molecule has 0 spiro atoms. The number of hydrogen-bond acceptors (Lipinski definition) is 3. The van der Waals surface area contributed by atoms with Crippen LogP contribution in [0, 0.1) is 0 Å². The van der Waals surface area contributed by atoms with E-state index in [2.05, 4.69) is 5.32 Å². The first-order valence-electron chi connectivity index (χ1n) is 6.11. The summed E-state index contributed by atoms with van der Waals surface area (Å²) >= 11 is 0. The molecule has 0 saturated carbocycles. The van der Waals surface area contributed by atoms with Crippen LogP contribution in [0.3, 0.4) is 0 Å². The third-order valence-electron chi connectivity index (χ3n) is 2.48. The van der Waals surface area contributed by atoms with E-state index in [0.717, 1.165) is 0 Å². The van der Waals surface area contributed by atoms with Gasteiger partial charge in [0.1, 0.15) is 6.54 Å². The maximum Gasteiger partial charge on any atom is 0.323 e. The summed E-state index contributed by atoms with van der Waals surface area (Å²) in [5.74, 6) is -1.47. The number of hydrogen-bond donors (Lipinski definition) is 3. The van der Waals surface area contributed by atoms with E-state index < -0.39 is 17.9 Å². The van der Waals surface area contributed by atoms with Crippen LogP contribution in [0.1, 0.15) is 23.7 Å². The predicted molar refractivity (Wildman–Crippen MR) is 73.5 cm³/mol. The van der Waals surface area contributed by atoms with Crippen molar-refractivity contribution in [3.63, 3.8) is 0 Å². The molecule has 0 heterocycles. The van der Waals surface area contributed by atoms with Crippen molar-refractivity contribution in [1.82, 2.24) is 4.90 Å². The number of anilines is 1. The summed E-state index contributed by atoms with van der Waals surface area (Å²) in [4.78, 5) is 35.0. The molecular formula is C13H17N3O4. The third kappa shape index (κ3) is 4.60. The molecule has 1 rings (SSSR count). The number of nitrogens with two attached hydrogens (primary N) is 1. The van der Waals surface area contributed by atoms with Crippen LogP contribution < -0.4 is 11.1 Å². The zero-order valence-electron chi connectivity index (χ0n) is 11.1. The van der Waals surface area contributed by atoms with Gasteiger partial charge in [0, 0.05) is 17.8 Å². The monoisotopic (exact) mass is 279 g/mol. The molecular weight excluding hydrogens is 262 g/mol. The topological polar surface area (TPSA) is 113 Å². The molecule has 0 aliphatic heterocycles. The average molecular weight is 279 g/mol. The van der Waals surface area contributed by atoms with Crippen LogP contribution in [0.15, 0.2) is 24.3 Å². The molecule has 0 aliphatic carbocycles. The van der Waals surface area contributed by atoms with Crippen molar-refractivity contribution < 1.29 is 19.5 Å². The molecule has 0 fully saturated rings. The zero-order valence-corrected chi connectivity index (χ0v) is 11.1. The van der Waals surface area contributed by atoms with E-state index in [0.29, 0.717) is 24.2 Å². The van der Waals surface area contributed by atoms with Crippen LogP contribution in [-0.2, 0) is 4.79 Å². The fraction of sp³-hybridized carbons (Fsp3) is 0.308. The number of nitrogens with zero attached hydrogens (tertiary/aromatic N) is 1. The standard InChI is InChI=1S/C13H17N3O4/c1-2-6-16(8-11(17)18)12(19)9-4-3-5-10(7-9)15-13(14)20/h3-5,7H,2,6,8H2,1H3,(H,17,18)(H3,14,15,20). The molecule has 1 aromatic carbocycles. The van der Waals surface area contributed by atoms with Crippen molar-refractivity contribution >= 4 is 23.6 Å². The van der Waals surface area contributed by atoms with Crippen molar-refractivity contribution in [2.45, 2.75) is 13.3 Å². The Bertz CT molecular complexity index is 516. The van der Waals surface area contributed by atoms with Crippen molar-refractivity contribution in [2.75, 3.05) is 18.4 Å². The molecule has 20 heavy (non-hydrogen) atoms. The molecule has 0 bridgehead atoms. The second-order valence-corrected chi connectivity index (χ2v) is 4.19. The lowest BCUT2D eigenvalue weighted by atomic mass is 10.1. The van der Waals surface area contributed by atoms with E-state index in [-0.39, 0.29) is 6.54 Å². The summed E-state index contributed by atoms with van der Waals surface area (Å²) < 4.78 is 0. The van der Waals surface area contributed by atoms with E-state index in [1.807, 2.05) is 6.92 Å². The van der Waals surface area contributed by atoms with Gasteiger partial charge >= 0.3 is 12.0 Å². The second-order valence-electron chi connectivity index (χ2n) is 4.19. The SMILES string of the molecule is CCCN(CC(=O)O)C(=O)c1cccc(NC(N)=O)c1. The normalized spacial score (nSPS) is 9.85. The molecule has 108 valence electrons. The molecule has 3 amide bonds. The lowest BCUT2D eigenvalue weighted by Gasteiger charge is -2.20. The van der Waals surface area contributed by atoms with Crippen LogP contribution >= 0.6 is 0 Å². The van der Waals surface area contributed by atoms with Gasteiger partial charge in [-0.2, -0.15) is 0 Å². The number of urea groups is 1. The average Bonchev–Trinajstić information content (AvgIpc) is 2.36. The number of aliphatic carboxylic acids is 1. The Labute approximate surface area is 116 Å². The minimum Gasteiger partial charge on any atom is -0.480 e. The number of benzene rings is 1. The van der Waals surface area contributed by atoms with Gasteiger partial charge < -0.3 is 21.1 Å². The van der Waals surface area contributed by atoms with E-state index in [1.165, 1.54) is 11.0 Å². The summed E-state index contributed by atoms with van der Waals surface area (Å²) in [6.07, 6.45) is 0.651. The molecule has 0 unspecified atom stereocenters. The molecule has 0 aromatic heterocycles. The highest BCUT2D eigenvalue weighted by molar-refractivity contribution is 5.97. The fourth-order valence-electron chi connectivity index (χ4n) is 1.74. The minimum atomic E-state index is -1.07. The lowest BCUT2D eigenvalue weighted by molar-refractivity contribution is -0.137. The van der Waals surface area contributed by atoms with E-state index in [9.17, 15) is 14.4 Å². The number of carboxylic acid groups (broad SMARTS) is 1. The molecule has 0 saturated heterocycles. The molecule has 7 heteroatoms. The van der Waals surface area contributed by atoms with Crippen LogP contribution in [0.5, 0.6) is 0 Å². The van der Waals surface area contributed by atoms with Crippen molar-refractivity contribution in [1.29, 1.82) is 0 Å². The van der Waals surface area contributed by atoms with E-state index in [1.54, 1.807) is 18.2 Å². The number of amides is 3. The first-order chi connectivity index (χ1) is 9.43. The van der Waals surface area contributed by atoms with E-state index >= 15 is 0 Å². The van der Waals surface area contributed by atoms with Crippen LogP contribution in [0.25, 0.3) is 0 Å². The maximum atomic E-state index is 12.2. The van der Waals surface area contributed by atoms with Gasteiger partial charge in [0.25, 0.3) is 5.91 Å². The number of nitrogens with one attached hydrogen (secondary N) is 1. The van der Waals surface area contributed by atoms with Crippen LogP contribution in [0.4, 0.5) is 10.5 Å². The molecule has 1 aromatic rings. The summed E-state index contributed by atoms with van der Waals surface area (Å²) in [5, 5.41) is 11.2. The second kappa shape index (κ2) is 7.13. The number of carbonyl (C=O) groups excluding carboxylic acids is 2. The Morgan fingerprint density at radius 2 is 2.05 bits per heavy atom. The van der Waals surface area contributed by atoms with Crippen molar-refractivity contribution in [3.05, 3.63) is 29.8 Å². The zero-order chi connectivity index (χ0) is 15.1. The van der Waals surface area contributed by atoms with Gasteiger partial charge in [-0.1, -0.05) is 13.0 Å². The maximum absolute atomic E-state index is 12.2. The quantitative estimate of drug-likeness (QED) is 0.724. The van der Waals surface area contributed by atoms with Gasteiger partial charge in [0.05, 0.1) is 0 Å². The van der Waals surface area contributed by atoms with Gasteiger partial charge in [-0.05, 0) is 24.6 Å². The largest absolute Gasteiger partial charge is 0.480 e. The first kappa shape index (κ1) is 15.5. The summed E-state index contributed by atoms with van der Waals surface area (Å²) in [6.45, 7) is 1.84. The van der Waals surface area contributed by atoms with Gasteiger partial charge in [-0.25, -0.2) is 4.79 Å². The fourth-order valence-corrected chi connectivity index (χ4v) is 1.74. The molecule has 0 radical (unpaired) electrons. The Morgan fingerprint density at radius 3 is 2.60 bits per heavy atom. The number of carbonyl (C=O) groups is 3. The number of carboxylic acids is 1. The Hall–Kier alpha value is -2.57. The predicted octanol–water partition coefficient (Wildman–Crippen LogP) is 1.11. The highest BCUT2D eigenvalue weighted by Crippen LogP contribution is 2.13. The molecule has 0 aliphatic rings. The highest BCUT2D eigenvalue weighted by atomic mass is 16.4. The van der Waals surface area contributed by atoms with Gasteiger partial charge in [0.2, 0.25) is 0 Å². The van der Waals surface area contributed by atoms with Gasteiger partial charge in [-0.15, -0.1) is 0 Å². The lowest BCUT2D eigenvalue weighted by Crippen LogP contribution is -2.36. The Kier molecular flexibility index (Phi) is 5.52. The third-order valence-corrected chi connectivity index (χ3v) is 2.48. The Balaban J connectivity index is 2.93. The first-order valence-corrected chi connectivity index (χ1v) is 6.11. The van der Waals surface area contributed by atoms with Crippen molar-refractivity contribution in [3.8, 4) is 0 Å². The molecule has 7 nitrogen and oxygen atoms in total. The smallest absolute Gasteiger partial charge is 0.323 e. The molecule has 4 N–H and O–H groups in total. The summed E-state index contributed by atoms with van der Waals surface area (Å²) in [5.41, 5.74) is 5.68. The van der Waals surface area contributed by atoms with Gasteiger partial charge in [0.15, 0.2) is 0 Å². The van der Waals surface area contributed by atoms with E-state index in [4.69, 9.17) is 10.8 Å².